The van der Waals surface area contributed by atoms with Gasteiger partial charge in [0.25, 0.3) is 0 Å². The molecule has 0 atom stereocenters. The van der Waals surface area contributed by atoms with E-state index in [2.05, 4.69) is 11.3 Å². The smallest absolute Gasteiger partial charge is 0.209 e. The number of hydrogen-bond donors (Lipinski definition) is 1. The Morgan fingerprint density at radius 1 is 1.36 bits per heavy atom. The molecular weight excluding hydrogens is 198 g/mol. The lowest BCUT2D eigenvalue weighted by atomic mass is 10.1. The van der Waals surface area contributed by atoms with Crippen molar-refractivity contribution in [3.63, 3.8) is 0 Å². The van der Waals surface area contributed by atoms with Crippen LogP contribution in [0.1, 0.15) is 11.1 Å². The number of nitrogens with one attached hydrogen (secondary N) is 1. The zero-order valence-electron chi connectivity index (χ0n) is 8.03. The molecule has 0 saturated carbocycles. The predicted octanol–water partition coefficient (Wildman–Crippen LogP) is 1.38. The predicted molar refractivity (Wildman–Crippen MR) is 58.2 cm³/mol. The Labute approximate surface area is 84.5 Å². The minimum absolute atomic E-state index is 0.330. The summed E-state index contributed by atoms with van der Waals surface area (Å²) in [5, 5.41) is 0. The van der Waals surface area contributed by atoms with Gasteiger partial charge in [-0.2, -0.15) is 0 Å². The standard InChI is InChI=1S/C10H13NO2S/c1-3-9-4-6-10(7-5-9)8-11-14(2,12)13/h3-7,11H,1,8H2,2H3. The summed E-state index contributed by atoms with van der Waals surface area (Å²) < 4.78 is 24.0. The van der Waals surface area contributed by atoms with Gasteiger partial charge >= 0.3 is 0 Å². The van der Waals surface area contributed by atoms with Crippen molar-refractivity contribution in [2.75, 3.05) is 6.26 Å². The maximum atomic E-state index is 10.8. The molecule has 1 aromatic carbocycles. The van der Waals surface area contributed by atoms with Crippen LogP contribution >= 0.6 is 0 Å². The lowest BCUT2D eigenvalue weighted by molar-refractivity contribution is 0.587. The van der Waals surface area contributed by atoms with E-state index in [0.29, 0.717) is 6.54 Å². The maximum absolute atomic E-state index is 10.8. The molecule has 3 nitrogen and oxygen atoms in total. The molecule has 0 unspecified atom stereocenters. The van der Waals surface area contributed by atoms with Gasteiger partial charge in [0.05, 0.1) is 6.26 Å². The van der Waals surface area contributed by atoms with E-state index in [4.69, 9.17) is 0 Å². The van der Waals surface area contributed by atoms with Gasteiger partial charge in [-0.25, -0.2) is 13.1 Å². The Bertz CT molecular complexity index is 406. The average Bonchev–Trinajstić information content (AvgIpc) is 2.14. The third-order valence-corrected chi connectivity index (χ3v) is 2.42. The van der Waals surface area contributed by atoms with E-state index >= 15 is 0 Å². The van der Waals surface area contributed by atoms with Crippen LogP contribution in [0.15, 0.2) is 30.8 Å². The molecule has 76 valence electrons. The number of hydrogen-bond acceptors (Lipinski definition) is 2. The Morgan fingerprint density at radius 3 is 2.36 bits per heavy atom. The summed E-state index contributed by atoms with van der Waals surface area (Å²) in [4.78, 5) is 0. The van der Waals surface area contributed by atoms with Gasteiger partial charge in [-0.1, -0.05) is 36.9 Å². The largest absolute Gasteiger partial charge is 0.213 e. The Kier molecular flexibility index (Phi) is 3.43. The molecule has 1 rings (SSSR count). The third-order valence-electron chi connectivity index (χ3n) is 1.75. The van der Waals surface area contributed by atoms with Crippen LogP contribution in [-0.4, -0.2) is 14.7 Å². The van der Waals surface area contributed by atoms with Gasteiger partial charge in [0.15, 0.2) is 0 Å². The Hall–Kier alpha value is -1.13. The Morgan fingerprint density at radius 2 is 1.93 bits per heavy atom. The molecule has 0 spiro atoms. The van der Waals surface area contributed by atoms with E-state index in [-0.39, 0.29) is 0 Å². The summed E-state index contributed by atoms with van der Waals surface area (Å²) in [5.74, 6) is 0. The van der Waals surface area contributed by atoms with Gasteiger partial charge < -0.3 is 0 Å². The molecule has 0 aromatic heterocycles. The van der Waals surface area contributed by atoms with Crippen LogP contribution in [-0.2, 0) is 16.6 Å². The molecule has 0 aliphatic carbocycles. The quantitative estimate of drug-likeness (QED) is 0.817. The summed E-state index contributed by atoms with van der Waals surface area (Å²) in [6, 6.07) is 7.53. The van der Waals surface area contributed by atoms with Crippen LogP contribution in [0.3, 0.4) is 0 Å². The lowest BCUT2D eigenvalue weighted by Crippen LogP contribution is -2.21. The molecule has 0 heterocycles. The molecule has 0 amide bonds. The Balaban J connectivity index is 2.65. The molecule has 0 aliphatic rings. The summed E-state index contributed by atoms with van der Waals surface area (Å²) >= 11 is 0. The molecular formula is C10H13NO2S. The highest BCUT2D eigenvalue weighted by molar-refractivity contribution is 7.88. The first-order chi connectivity index (χ1) is 6.51. The van der Waals surface area contributed by atoms with Crippen LogP contribution in [0.25, 0.3) is 6.08 Å². The fourth-order valence-corrected chi connectivity index (χ4v) is 1.41. The molecule has 14 heavy (non-hydrogen) atoms. The van der Waals surface area contributed by atoms with E-state index in [1.54, 1.807) is 6.08 Å². The molecule has 0 saturated heterocycles. The van der Waals surface area contributed by atoms with Gasteiger partial charge in [-0.05, 0) is 11.1 Å². The third kappa shape index (κ3) is 3.72. The van der Waals surface area contributed by atoms with Crippen LogP contribution < -0.4 is 4.72 Å². The van der Waals surface area contributed by atoms with Crippen LogP contribution in [0.5, 0.6) is 0 Å². The SMILES string of the molecule is C=Cc1ccc(CNS(C)(=O)=O)cc1. The van der Waals surface area contributed by atoms with Crippen LogP contribution in [0.4, 0.5) is 0 Å². The molecule has 0 radical (unpaired) electrons. The van der Waals surface area contributed by atoms with Crippen molar-refractivity contribution in [1.82, 2.24) is 4.72 Å². The zero-order chi connectivity index (χ0) is 10.6. The first kappa shape index (κ1) is 10.9. The molecule has 4 heteroatoms. The fourth-order valence-electron chi connectivity index (χ4n) is 0.986. The van der Waals surface area contributed by atoms with Crippen molar-refractivity contribution >= 4 is 16.1 Å². The van der Waals surface area contributed by atoms with Crippen molar-refractivity contribution in [1.29, 1.82) is 0 Å². The van der Waals surface area contributed by atoms with Gasteiger partial charge in [0.1, 0.15) is 0 Å². The normalized spacial score (nSPS) is 11.2. The molecule has 0 aliphatic heterocycles. The van der Waals surface area contributed by atoms with Crippen LogP contribution in [0, 0.1) is 0 Å². The number of benzene rings is 1. The van der Waals surface area contributed by atoms with Crippen molar-refractivity contribution in [2.24, 2.45) is 0 Å². The van der Waals surface area contributed by atoms with Crippen molar-refractivity contribution in [3.8, 4) is 0 Å². The van der Waals surface area contributed by atoms with Gasteiger partial charge in [-0.3, -0.25) is 0 Å². The second-order valence-electron chi connectivity index (χ2n) is 3.04. The van der Waals surface area contributed by atoms with Crippen molar-refractivity contribution in [3.05, 3.63) is 42.0 Å². The van der Waals surface area contributed by atoms with Gasteiger partial charge in [-0.15, -0.1) is 0 Å². The summed E-state index contributed by atoms with van der Waals surface area (Å²) in [6.07, 6.45) is 2.89. The highest BCUT2D eigenvalue weighted by atomic mass is 32.2. The van der Waals surface area contributed by atoms with Crippen molar-refractivity contribution < 1.29 is 8.42 Å². The maximum Gasteiger partial charge on any atom is 0.209 e. The summed E-state index contributed by atoms with van der Waals surface area (Å²) in [6.45, 7) is 3.96. The topological polar surface area (TPSA) is 46.2 Å². The lowest BCUT2D eigenvalue weighted by Gasteiger charge is -2.02. The van der Waals surface area contributed by atoms with E-state index < -0.39 is 10.0 Å². The van der Waals surface area contributed by atoms with E-state index in [1.807, 2.05) is 24.3 Å². The molecule has 1 N–H and O–H groups in total. The number of sulfonamides is 1. The molecule has 1 aromatic rings. The average molecular weight is 211 g/mol. The van der Waals surface area contributed by atoms with Crippen molar-refractivity contribution in [2.45, 2.75) is 6.54 Å². The first-order valence-electron chi connectivity index (χ1n) is 4.17. The monoisotopic (exact) mass is 211 g/mol. The van der Waals surface area contributed by atoms with Crippen LogP contribution in [0.2, 0.25) is 0 Å². The van der Waals surface area contributed by atoms with E-state index in [1.165, 1.54) is 0 Å². The second kappa shape index (κ2) is 4.39. The van der Waals surface area contributed by atoms with Gasteiger partial charge in [0, 0.05) is 6.54 Å². The molecule has 0 fully saturated rings. The van der Waals surface area contributed by atoms with Gasteiger partial charge in [0.2, 0.25) is 10.0 Å². The number of rotatable bonds is 4. The minimum atomic E-state index is -3.11. The molecule has 0 bridgehead atoms. The summed E-state index contributed by atoms with van der Waals surface area (Å²) in [5.41, 5.74) is 1.95. The highest BCUT2D eigenvalue weighted by Crippen LogP contribution is 2.05. The minimum Gasteiger partial charge on any atom is -0.213 e. The second-order valence-corrected chi connectivity index (χ2v) is 4.87. The van der Waals surface area contributed by atoms with E-state index in [9.17, 15) is 8.42 Å². The summed E-state index contributed by atoms with van der Waals surface area (Å²) in [7, 11) is -3.11. The van der Waals surface area contributed by atoms with E-state index in [0.717, 1.165) is 17.4 Å². The zero-order valence-corrected chi connectivity index (χ0v) is 8.84. The highest BCUT2D eigenvalue weighted by Gasteiger charge is 1.99. The first-order valence-corrected chi connectivity index (χ1v) is 6.06. The fraction of sp³-hybridized carbons (Fsp3) is 0.200.